The second-order valence-corrected chi connectivity index (χ2v) is 6.85. The maximum atomic E-state index is 5.44. The number of nitrogens with one attached hydrogen (secondary N) is 2. The molecule has 0 atom stereocenters. The number of hydrazone groups is 1. The molecular formula is C22H25N7O3. The predicted molar refractivity (Wildman–Crippen MR) is 123 cm³/mol. The van der Waals surface area contributed by atoms with Crippen molar-refractivity contribution in [2.75, 3.05) is 56.2 Å². The monoisotopic (exact) mass is 435 g/mol. The molecule has 1 aliphatic heterocycles. The number of nitrogens with zero attached hydrogens (tertiary/aromatic N) is 5. The topological polar surface area (TPSA) is 106 Å². The molecule has 0 saturated carbocycles. The summed E-state index contributed by atoms with van der Waals surface area (Å²) in [5.74, 6) is 2.67. The highest BCUT2D eigenvalue weighted by molar-refractivity contribution is 5.84. The first kappa shape index (κ1) is 21.3. The molecule has 10 nitrogen and oxygen atoms in total. The van der Waals surface area contributed by atoms with E-state index in [9.17, 15) is 0 Å². The minimum atomic E-state index is 0.318. The van der Waals surface area contributed by atoms with Crippen LogP contribution in [0.2, 0.25) is 0 Å². The van der Waals surface area contributed by atoms with Crippen molar-refractivity contribution in [3.63, 3.8) is 0 Å². The van der Waals surface area contributed by atoms with Gasteiger partial charge in [-0.05, 0) is 30.3 Å². The van der Waals surface area contributed by atoms with Gasteiger partial charge in [-0.1, -0.05) is 18.2 Å². The van der Waals surface area contributed by atoms with Crippen LogP contribution in [-0.4, -0.2) is 61.7 Å². The molecule has 166 valence electrons. The standard InChI is InChI=1S/C22H25N7O3/c1-30-18-8-9-19(31-2)16(14-18)15-23-28-21-25-20(24-17-6-4-3-5-7-17)26-22(27-21)29-10-12-32-13-11-29/h3-9,14-15H,10-13H2,1-2H3,(H2,24,25,26,27,28)/b23-15-. The first-order valence-electron chi connectivity index (χ1n) is 10.2. The van der Waals surface area contributed by atoms with Crippen molar-refractivity contribution in [1.29, 1.82) is 0 Å². The summed E-state index contributed by atoms with van der Waals surface area (Å²) >= 11 is 0. The number of methoxy groups -OCH3 is 2. The third-order valence-corrected chi connectivity index (χ3v) is 4.75. The van der Waals surface area contributed by atoms with Crippen LogP contribution in [0.1, 0.15) is 5.56 Å². The van der Waals surface area contributed by atoms with E-state index in [1.807, 2.05) is 48.5 Å². The van der Waals surface area contributed by atoms with Gasteiger partial charge in [0.15, 0.2) is 0 Å². The summed E-state index contributed by atoms with van der Waals surface area (Å²) in [4.78, 5) is 15.6. The lowest BCUT2D eigenvalue weighted by Gasteiger charge is -2.27. The Balaban J connectivity index is 1.58. The second kappa shape index (κ2) is 10.4. The molecule has 1 fully saturated rings. The summed E-state index contributed by atoms with van der Waals surface area (Å²) in [6.07, 6.45) is 1.63. The minimum absolute atomic E-state index is 0.318. The normalized spacial score (nSPS) is 13.8. The first-order valence-corrected chi connectivity index (χ1v) is 10.2. The number of benzene rings is 2. The largest absolute Gasteiger partial charge is 0.497 e. The van der Waals surface area contributed by atoms with Crippen molar-refractivity contribution >= 4 is 29.7 Å². The van der Waals surface area contributed by atoms with Crippen molar-refractivity contribution in [2.24, 2.45) is 5.10 Å². The molecule has 1 aliphatic rings. The van der Waals surface area contributed by atoms with Gasteiger partial charge in [0, 0.05) is 24.3 Å². The molecule has 2 aromatic carbocycles. The Hall–Kier alpha value is -3.92. The van der Waals surface area contributed by atoms with Gasteiger partial charge in [-0.15, -0.1) is 0 Å². The third kappa shape index (κ3) is 5.41. The number of hydrogen-bond acceptors (Lipinski definition) is 10. The van der Waals surface area contributed by atoms with Crippen LogP contribution in [0.5, 0.6) is 11.5 Å². The summed E-state index contributed by atoms with van der Waals surface area (Å²) in [6, 6.07) is 15.2. The molecule has 0 bridgehead atoms. The van der Waals surface area contributed by atoms with Crippen LogP contribution in [-0.2, 0) is 4.74 Å². The van der Waals surface area contributed by atoms with Crippen LogP contribution in [0.15, 0.2) is 53.6 Å². The van der Waals surface area contributed by atoms with E-state index in [0.717, 1.165) is 11.3 Å². The molecule has 0 spiro atoms. The van der Waals surface area contributed by atoms with Gasteiger partial charge in [0.05, 0.1) is 33.6 Å². The summed E-state index contributed by atoms with van der Waals surface area (Å²) in [5.41, 5.74) is 4.53. The Labute approximate surface area is 186 Å². The molecule has 0 radical (unpaired) electrons. The molecule has 0 amide bonds. The fraction of sp³-hybridized carbons (Fsp3) is 0.273. The van der Waals surface area contributed by atoms with E-state index < -0.39 is 0 Å². The number of ether oxygens (including phenoxy) is 3. The van der Waals surface area contributed by atoms with Crippen LogP contribution in [0.25, 0.3) is 0 Å². The highest BCUT2D eigenvalue weighted by atomic mass is 16.5. The molecule has 4 rings (SSSR count). The van der Waals surface area contributed by atoms with Gasteiger partial charge in [0.1, 0.15) is 11.5 Å². The van der Waals surface area contributed by atoms with E-state index in [1.165, 1.54) is 0 Å². The molecule has 1 aromatic heterocycles. The number of hydrogen-bond donors (Lipinski definition) is 2. The predicted octanol–water partition coefficient (Wildman–Crippen LogP) is 2.92. The van der Waals surface area contributed by atoms with Crippen molar-refractivity contribution in [3.05, 3.63) is 54.1 Å². The average molecular weight is 435 g/mol. The number of aromatic nitrogens is 3. The molecule has 3 aromatic rings. The second-order valence-electron chi connectivity index (χ2n) is 6.85. The van der Waals surface area contributed by atoms with Gasteiger partial charge in [-0.2, -0.15) is 20.1 Å². The van der Waals surface area contributed by atoms with Gasteiger partial charge < -0.3 is 24.4 Å². The maximum absolute atomic E-state index is 5.44. The molecule has 0 aliphatic carbocycles. The lowest BCUT2D eigenvalue weighted by molar-refractivity contribution is 0.122. The maximum Gasteiger partial charge on any atom is 0.250 e. The van der Waals surface area contributed by atoms with Gasteiger partial charge in [-0.3, -0.25) is 0 Å². The van der Waals surface area contributed by atoms with Gasteiger partial charge >= 0.3 is 0 Å². The van der Waals surface area contributed by atoms with Crippen molar-refractivity contribution in [2.45, 2.75) is 0 Å². The van der Waals surface area contributed by atoms with Crippen LogP contribution in [0.4, 0.5) is 23.5 Å². The van der Waals surface area contributed by atoms with Crippen LogP contribution < -0.4 is 25.1 Å². The SMILES string of the molecule is COc1ccc(OC)c(/C=N\Nc2nc(Nc3ccccc3)nc(N3CCOCC3)n2)c1. The van der Waals surface area contributed by atoms with Crippen molar-refractivity contribution < 1.29 is 14.2 Å². The Morgan fingerprint density at radius 2 is 1.75 bits per heavy atom. The summed E-state index contributed by atoms with van der Waals surface area (Å²) in [7, 11) is 3.22. The minimum Gasteiger partial charge on any atom is -0.497 e. The fourth-order valence-corrected chi connectivity index (χ4v) is 3.13. The number of anilines is 4. The van der Waals surface area contributed by atoms with Gasteiger partial charge in [0.2, 0.25) is 17.8 Å². The zero-order chi connectivity index (χ0) is 22.2. The van der Waals surface area contributed by atoms with Crippen LogP contribution in [0, 0.1) is 0 Å². The van der Waals surface area contributed by atoms with E-state index in [-0.39, 0.29) is 0 Å². The zero-order valence-corrected chi connectivity index (χ0v) is 18.0. The highest BCUT2D eigenvalue weighted by Gasteiger charge is 2.16. The van der Waals surface area contributed by atoms with E-state index in [2.05, 4.69) is 35.7 Å². The quantitative estimate of drug-likeness (QED) is 0.408. The van der Waals surface area contributed by atoms with Gasteiger partial charge in [-0.25, -0.2) is 5.43 Å². The smallest absolute Gasteiger partial charge is 0.250 e. The molecule has 2 heterocycles. The van der Waals surface area contributed by atoms with Gasteiger partial charge in [0.25, 0.3) is 0 Å². The third-order valence-electron chi connectivity index (χ3n) is 4.75. The van der Waals surface area contributed by atoms with Crippen LogP contribution >= 0.6 is 0 Å². The fourth-order valence-electron chi connectivity index (χ4n) is 3.13. The molecule has 2 N–H and O–H groups in total. The Morgan fingerprint density at radius 1 is 0.969 bits per heavy atom. The zero-order valence-electron chi connectivity index (χ0n) is 18.0. The number of morpholine rings is 1. The first-order chi connectivity index (χ1) is 15.7. The lowest BCUT2D eigenvalue weighted by atomic mass is 10.2. The Morgan fingerprint density at radius 3 is 2.50 bits per heavy atom. The van der Waals surface area contributed by atoms with Crippen LogP contribution in [0.3, 0.4) is 0 Å². The highest BCUT2D eigenvalue weighted by Crippen LogP contribution is 2.23. The van der Waals surface area contributed by atoms with E-state index in [0.29, 0.717) is 55.6 Å². The summed E-state index contributed by atoms with van der Waals surface area (Å²) in [6.45, 7) is 2.67. The van der Waals surface area contributed by atoms with E-state index in [4.69, 9.17) is 14.2 Å². The van der Waals surface area contributed by atoms with E-state index in [1.54, 1.807) is 20.4 Å². The number of para-hydroxylation sites is 1. The summed E-state index contributed by atoms with van der Waals surface area (Å²) < 4.78 is 16.1. The molecule has 1 saturated heterocycles. The van der Waals surface area contributed by atoms with E-state index >= 15 is 0 Å². The lowest BCUT2D eigenvalue weighted by Crippen LogP contribution is -2.37. The average Bonchev–Trinajstić information content (AvgIpc) is 2.85. The van der Waals surface area contributed by atoms with Crippen molar-refractivity contribution in [1.82, 2.24) is 15.0 Å². The summed E-state index contributed by atoms with van der Waals surface area (Å²) in [5, 5.41) is 7.51. The van der Waals surface area contributed by atoms with Crippen molar-refractivity contribution in [3.8, 4) is 11.5 Å². The molecule has 32 heavy (non-hydrogen) atoms. The molecular weight excluding hydrogens is 410 g/mol. The Kier molecular flexibility index (Phi) is 6.93. The molecule has 0 unspecified atom stereocenters. The molecule has 10 heteroatoms. The Bertz CT molecular complexity index is 1060. The number of rotatable bonds is 8.